The van der Waals surface area contributed by atoms with E-state index in [1.54, 1.807) is 6.92 Å². The smallest absolute Gasteiger partial charge is 0.214 e. The third-order valence-electron chi connectivity index (χ3n) is 8.02. The van der Waals surface area contributed by atoms with Crippen LogP contribution in [0.4, 0.5) is 5.69 Å². The Morgan fingerprint density at radius 3 is 1.74 bits per heavy atom. The number of aliphatic hydroxyl groups excluding tert-OH is 1. The molecule has 0 unspecified atom stereocenters. The Kier molecular flexibility index (Phi) is 22.8. The highest BCUT2D eigenvalue weighted by atomic mass is 16.3. The van der Waals surface area contributed by atoms with Crippen LogP contribution in [-0.2, 0) is 9.59 Å². The first-order valence-electron chi connectivity index (χ1n) is 18.8. The molecule has 1 aliphatic rings. The van der Waals surface area contributed by atoms with Gasteiger partial charge in [0.1, 0.15) is 5.76 Å². The lowest BCUT2D eigenvalue weighted by atomic mass is 9.92. The van der Waals surface area contributed by atoms with Crippen molar-refractivity contribution in [2.75, 3.05) is 12.8 Å². The van der Waals surface area contributed by atoms with Gasteiger partial charge < -0.3 is 27.7 Å². The van der Waals surface area contributed by atoms with Crippen LogP contribution in [-0.4, -0.2) is 29.6 Å². The quantitative estimate of drug-likeness (QED) is 0.0553. The molecule has 290 valence electrons. The molecular formula is C47H64N4O3. The van der Waals surface area contributed by atoms with E-state index in [-0.39, 0.29) is 17.4 Å². The van der Waals surface area contributed by atoms with Gasteiger partial charge in [0.2, 0.25) is 5.91 Å². The van der Waals surface area contributed by atoms with Crippen LogP contribution in [0.3, 0.4) is 0 Å². The summed E-state index contributed by atoms with van der Waals surface area (Å²) in [7, 11) is 1.50. The Balaban J connectivity index is 0.00000210. The van der Waals surface area contributed by atoms with Gasteiger partial charge in [0.25, 0.3) is 0 Å². The first-order chi connectivity index (χ1) is 25.9. The number of Topliss-reactive ketones (excluding diaryl/α,β-unsaturated/α-hetero) is 1. The fraction of sp³-hybridized carbons (Fsp3) is 0.298. The Bertz CT molecular complexity index is 2010. The number of fused-ring (bicyclic) bond motifs is 2. The van der Waals surface area contributed by atoms with Crippen molar-refractivity contribution in [1.29, 1.82) is 5.41 Å². The van der Waals surface area contributed by atoms with Crippen LogP contribution in [0.1, 0.15) is 98.8 Å². The number of nitrogens with two attached hydrogens (primary N) is 3. The molecule has 0 heterocycles. The number of allylic oxidation sites excluding steroid dienone is 10. The highest BCUT2D eigenvalue weighted by molar-refractivity contribution is 6.15. The predicted molar refractivity (Wildman–Crippen MR) is 236 cm³/mol. The largest absolute Gasteiger partial charge is 0.512 e. The lowest BCUT2D eigenvalue weighted by Gasteiger charge is -2.12. The molecule has 0 saturated heterocycles. The molecule has 0 aliphatic heterocycles. The summed E-state index contributed by atoms with van der Waals surface area (Å²) in [6, 6.07) is 24.3. The van der Waals surface area contributed by atoms with Gasteiger partial charge in [-0.1, -0.05) is 127 Å². The average molecular weight is 733 g/mol. The monoisotopic (exact) mass is 732 g/mol. The highest BCUT2D eigenvalue weighted by Gasteiger charge is 2.25. The van der Waals surface area contributed by atoms with Crippen LogP contribution in [0, 0.1) is 12.3 Å². The van der Waals surface area contributed by atoms with E-state index >= 15 is 0 Å². The van der Waals surface area contributed by atoms with Gasteiger partial charge in [-0.2, -0.15) is 0 Å². The molecule has 7 nitrogen and oxygen atoms in total. The summed E-state index contributed by atoms with van der Waals surface area (Å²) >= 11 is 0. The van der Waals surface area contributed by atoms with Gasteiger partial charge in [0.05, 0.1) is 11.3 Å². The minimum Gasteiger partial charge on any atom is -0.512 e. The molecule has 54 heavy (non-hydrogen) atoms. The standard InChI is InChI=1S/C38H36N2O2.C2H5NO.3C2H6.CH5N/c1-23(31-14-6-12-28-13-8-16-34(40)38(28)31)17-18-29-19-20-30(37(29)36(25(3)41)26(4)42)21-22-33(39)32-15-7-11-27-10-5-9-24(2)35(27)32;1-2(3)4;4*1-2/h5-18,21-22,39,41H,19-20,40H2,1-4H3;1H3,(H2,3,4);3*1-2H3;2H2,1H3/b22-21?,23-17+,29-18-,36-25?,39-33?;;;;;. The number of aryl methyl sites for hydroxylation is 1. The number of amides is 1. The number of nitrogen functional groups attached to an aromatic ring is 1. The third kappa shape index (κ3) is 13.2. The summed E-state index contributed by atoms with van der Waals surface area (Å²) < 4.78 is 0. The fourth-order valence-corrected chi connectivity index (χ4v) is 6.03. The number of ketones is 1. The topological polar surface area (TPSA) is 156 Å². The second-order valence-electron chi connectivity index (χ2n) is 11.5. The summed E-state index contributed by atoms with van der Waals surface area (Å²) in [6.45, 7) is 20.5. The van der Waals surface area contributed by atoms with Crippen molar-refractivity contribution < 1.29 is 14.7 Å². The van der Waals surface area contributed by atoms with Crippen molar-refractivity contribution in [2.24, 2.45) is 11.5 Å². The van der Waals surface area contributed by atoms with Crippen LogP contribution in [0.25, 0.3) is 27.1 Å². The van der Waals surface area contributed by atoms with E-state index in [2.05, 4.69) is 73.9 Å². The van der Waals surface area contributed by atoms with E-state index in [1.807, 2.05) is 90.1 Å². The fourth-order valence-electron chi connectivity index (χ4n) is 6.03. The number of hydrogen-bond acceptors (Lipinski definition) is 6. The molecule has 0 radical (unpaired) electrons. The number of carbonyl (C=O) groups is 2. The number of carbonyl (C=O) groups excluding carboxylic acids is 2. The van der Waals surface area contributed by atoms with E-state index in [4.69, 9.17) is 11.1 Å². The molecule has 4 aromatic carbocycles. The average Bonchev–Trinajstić information content (AvgIpc) is 3.56. The molecule has 0 fully saturated rings. The molecule has 0 spiro atoms. The van der Waals surface area contributed by atoms with Crippen molar-refractivity contribution in [3.8, 4) is 0 Å². The van der Waals surface area contributed by atoms with Gasteiger partial charge in [0, 0.05) is 23.6 Å². The number of rotatable bonds is 7. The Labute approximate surface area is 324 Å². The van der Waals surface area contributed by atoms with E-state index in [9.17, 15) is 14.7 Å². The molecule has 5 rings (SSSR count). The molecule has 1 aliphatic carbocycles. The predicted octanol–water partition coefficient (Wildman–Crippen LogP) is 11.5. The van der Waals surface area contributed by atoms with Crippen LogP contribution >= 0.6 is 0 Å². The maximum absolute atomic E-state index is 12.8. The van der Waals surface area contributed by atoms with Gasteiger partial charge in [-0.3, -0.25) is 9.59 Å². The van der Waals surface area contributed by atoms with E-state index in [1.165, 1.54) is 20.9 Å². The van der Waals surface area contributed by atoms with Crippen LogP contribution in [0.15, 0.2) is 125 Å². The summed E-state index contributed by atoms with van der Waals surface area (Å²) in [6.07, 6.45) is 9.29. The van der Waals surface area contributed by atoms with E-state index < -0.39 is 0 Å². The SMILES string of the molecule is CC.CC.CC.CC(=O)C(=C(C)O)C1=C(C=CC(=N)c2cccc3cccc(C)c23)CC/C1=C/C=C(\C)c1cccc2cccc(N)c12.CC(N)=O.CN. The minimum absolute atomic E-state index is 0.00140. The van der Waals surface area contributed by atoms with Crippen molar-refractivity contribution in [1.82, 2.24) is 0 Å². The maximum Gasteiger partial charge on any atom is 0.214 e. The van der Waals surface area contributed by atoms with Crippen molar-refractivity contribution in [2.45, 2.75) is 89.0 Å². The van der Waals surface area contributed by atoms with Gasteiger partial charge in [0.15, 0.2) is 5.78 Å². The summed E-state index contributed by atoms with van der Waals surface area (Å²) in [5.74, 6) is -0.524. The first-order valence-corrected chi connectivity index (χ1v) is 18.8. The lowest BCUT2D eigenvalue weighted by molar-refractivity contribution is -0.116. The van der Waals surface area contributed by atoms with E-state index in [0.717, 1.165) is 72.6 Å². The number of nitrogens with one attached hydrogen (secondary N) is 1. The summed E-state index contributed by atoms with van der Waals surface area (Å²) in [5.41, 5.74) is 23.6. The van der Waals surface area contributed by atoms with Crippen molar-refractivity contribution >= 4 is 50.2 Å². The number of aliphatic hydroxyl groups is 1. The normalized spacial score (nSPS) is 13.1. The number of primary amides is 1. The van der Waals surface area contributed by atoms with Gasteiger partial charge >= 0.3 is 0 Å². The zero-order chi connectivity index (χ0) is 41.5. The molecule has 7 heteroatoms. The zero-order valence-corrected chi connectivity index (χ0v) is 34.6. The van der Waals surface area contributed by atoms with Gasteiger partial charge in [-0.05, 0) is 109 Å². The van der Waals surface area contributed by atoms with Gasteiger partial charge in [-0.25, -0.2) is 0 Å². The molecule has 0 atom stereocenters. The highest BCUT2D eigenvalue weighted by Crippen LogP contribution is 2.39. The second kappa shape index (κ2) is 25.4. The first kappa shape index (κ1) is 48.5. The van der Waals surface area contributed by atoms with Crippen LogP contribution in [0.2, 0.25) is 0 Å². The number of benzene rings is 4. The third-order valence-corrected chi connectivity index (χ3v) is 8.02. The van der Waals surface area contributed by atoms with Crippen LogP contribution in [0.5, 0.6) is 0 Å². The summed E-state index contributed by atoms with van der Waals surface area (Å²) in [4.78, 5) is 22.0. The molecule has 4 aromatic rings. The van der Waals surface area contributed by atoms with Crippen molar-refractivity contribution in [3.63, 3.8) is 0 Å². The zero-order valence-electron chi connectivity index (χ0n) is 34.6. The van der Waals surface area contributed by atoms with Crippen LogP contribution < -0.4 is 17.2 Å². The number of hydrogen-bond donors (Lipinski definition) is 5. The molecule has 0 aromatic heterocycles. The molecule has 0 bridgehead atoms. The minimum atomic E-state index is -0.333. The van der Waals surface area contributed by atoms with Crippen molar-refractivity contribution in [3.05, 3.63) is 142 Å². The molecule has 8 N–H and O–H groups in total. The molecular weight excluding hydrogens is 669 g/mol. The lowest BCUT2D eigenvalue weighted by Crippen LogP contribution is -2.05. The number of anilines is 1. The maximum atomic E-state index is 12.8. The molecule has 0 saturated carbocycles. The Hall–Kier alpha value is -5.53. The Morgan fingerprint density at radius 1 is 0.741 bits per heavy atom. The summed E-state index contributed by atoms with van der Waals surface area (Å²) in [5, 5.41) is 23.8. The van der Waals surface area contributed by atoms with E-state index in [0.29, 0.717) is 17.7 Å². The van der Waals surface area contributed by atoms with Gasteiger partial charge in [-0.15, -0.1) is 0 Å². The second-order valence-corrected chi connectivity index (χ2v) is 11.5. The molecule has 1 amide bonds. The Morgan fingerprint density at radius 2 is 1.22 bits per heavy atom.